The van der Waals surface area contributed by atoms with Crippen molar-refractivity contribution < 1.29 is 28.2 Å². The molecule has 0 atom stereocenters. The zero-order valence-electron chi connectivity index (χ0n) is 10.4. The van der Waals surface area contributed by atoms with Crippen LogP contribution < -0.4 is 15.4 Å². The molecule has 0 aromatic heterocycles. The Labute approximate surface area is 113 Å². The van der Waals surface area contributed by atoms with Gasteiger partial charge in [0.1, 0.15) is 5.75 Å². The van der Waals surface area contributed by atoms with Gasteiger partial charge in [0.05, 0.1) is 6.42 Å². The predicted octanol–water partition coefficient (Wildman–Crippen LogP) is 1.56. The first-order chi connectivity index (χ1) is 9.47. The molecular formula is C12H14F2N2O4. The Bertz CT molecular complexity index is 469. The number of aliphatic carboxylic acids is 1. The van der Waals surface area contributed by atoms with E-state index in [-0.39, 0.29) is 25.3 Å². The zero-order valence-corrected chi connectivity index (χ0v) is 10.4. The molecule has 0 radical (unpaired) electrons. The SMILES string of the molecule is O=C(O)CCNC(=O)NCc1cccc(OC(F)F)c1. The second-order valence-corrected chi connectivity index (χ2v) is 3.78. The Kier molecular flexibility index (Phi) is 6.21. The summed E-state index contributed by atoms with van der Waals surface area (Å²) in [7, 11) is 0. The van der Waals surface area contributed by atoms with Crippen molar-refractivity contribution in [3.05, 3.63) is 29.8 Å². The number of halogens is 2. The van der Waals surface area contributed by atoms with E-state index in [1.165, 1.54) is 18.2 Å². The van der Waals surface area contributed by atoms with Crippen molar-refractivity contribution in [2.75, 3.05) is 6.54 Å². The van der Waals surface area contributed by atoms with E-state index in [1.807, 2.05) is 0 Å². The molecule has 8 heteroatoms. The molecule has 20 heavy (non-hydrogen) atoms. The molecule has 110 valence electrons. The lowest BCUT2D eigenvalue weighted by Crippen LogP contribution is -2.36. The summed E-state index contributed by atoms with van der Waals surface area (Å²) in [6, 6.07) is 5.38. The van der Waals surface area contributed by atoms with Gasteiger partial charge < -0.3 is 20.5 Å². The van der Waals surface area contributed by atoms with E-state index < -0.39 is 18.6 Å². The number of carbonyl (C=O) groups is 2. The zero-order chi connectivity index (χ0) is 15.0. The number of urea groups is 1. The van der Waals surface area contributed by atoms with Crippen molar-refractivity contribution in [1.82, 2.24) is 10.6 Å². The van der Waals surface area contributed by atoms with Crippen molar-refractivity contribution in [3.63, 3.8) is 0 Å². The topological polar surface area (TPSA) is 87.7 Å². The average molecular weight is 288 g/mol. The van der Waals surface area contributed by atoms with Gasteiger partial charge in [0.15, 0.2) is 0 Å². The molecule has 0 aliphatic carbocycles. The highest BCUT2D eigenvalue weighted by Crippen LogP contribution is 2.15. The molecule has 6 nitrogen and oxygen atoms in total. The van der Waals surface area contributed by atoms with Crippen molar-refractivity contribution in [3.8, 4) is 5.75 Å². The summed E-state index contributed by atoms with van der Waals surface area (Å²) in [5.74, 6) is -1.01. The van der Waals surface area contributed by atoms with Gasteiger partial charge in [-0.05, 0) is 17.7 Å². The molecule has 0 fully saturated rings. The fraction of sp³-hybridized carbons (Fsp3) is 0.333. The van der Waals surface area contributed by atoms with Gasteiger partial charge in [-0.3, -0.25) is 4.79 Å². The molecule has 3 N–H and O–H groups in total. The first-order valence-electron chi connectivity index (χ1n) is 5.74. The lowest BCUT2D eigenvalue weighted by molar-refractivity contribution is -0.136. The molecule has 1 aromatic rings. The van der Waals surface area contributed by atoms with Gasteiger partial charge in [0, 0.05) is 13.1 Å². The molecule has 0 heterocycles. The van der Waals surface area contributed by atoms with E-state index in [0.29, 0.717) is 5.56 Å². The van der Waals surface area contributed by atoms with E-state index in [0.717, 1.165) is 0 Å². The van der Waals surface area contributed by atoms with Crippen molar-refractivity contribution in [1.29, 1.82) is 0 Å². The van der Waals surface area contributed by atoms with E-state index in [9.17, 15) is 18.4 Å². The maximum Gasteiger partial charge on any atom is 0.387 e. The Morgan fingerprint density at radius 3 is 2.70 bits per heavy atom. The Hall–Kier alpha value is -2.38. The summed E-state index contributed by atoms with van der Waals surface area (Å²) in [5.41, 5.74) is 0.580. The summed E-state index contributed by atoms with van der Waals surface area (Å²) >= 11 is 0. The van der Waals surface area contributed by atoms with Crippen LogP contribution in [0.3, 0.4) is 0 Å². The van der Waals surface area contributed by atoms with Gasteiger partial charge in [-0.25, -0.2) is 4.79 Å². The molecule has 0 aliphatic rings. The van der Waals surface area contributed by atoms with Gasteiger partial charge in [0.25, 0.3) is 0 Å². The van der Waals surface area contributed by atoms with Crippen molar-refractivity contribution in [2.45, 2.75) is 19.6 Å². The number of carboxylic acid groups (broad SMARTS) is 1. The monoisotopic (exact) mass is 288 g/mol. The number of hydrogen-bond acceptors (Lipinski definition) is 3. The third kappa shape index (κ3) is 6.53. The van der Waals surface area contributed by atoms with Crippen LogP contribution in [-0.4, -0.2) is 30.3 Å². The van der Waals surface area contributed by atoms with E-state index in [4.69, 9.17) is 5.11 Å². The number of benzene rings is 1. The smallest absolute Gasteiger partial charge is 0.387 e. The van der Waals surface area contributed by atoms with Crippen molar-refractivity contribution >= 4 is 12.0 Å². The summed E-state index contributed by atoms with van der Waals surface area (Å²) < 4.78 is 28.3. The molecule has 0 unspecified atom stereocenters. The average Bonchev–Trinajstić information content (AvgIpc) is 2.35. The van der Waals surface area contributed by atoms with Gasteiger partial charge in [-0.15, -0.1) is 0 Å². The highest BCUT2D eigenvalue weighted by Gasteiger charge is 2.06. The van der Waals surface area contributed by atoms with Crippen LogP contribution in [0, 0.1) is 0 Å². The molecule has 2 amide bonds. The predicted molar refractivity (Wildman–Crippen MR) is 65.6 cm³/mol. The number of rotatable bonds is 7. The van der Waals surface area contributed by atoms with E-state index in [1.54, 1.807) is 6.07 Å². The fourth-order valence-corrected chi connectivity index (χ4v) is 1.36. The lowest BCUT2D eigenvalue weighted by Gasteiger charge is -2.09. The summed E-state index contributed by atoms with van der Waals surface area (Å²) in [6.45, 7) is -2.78. The Balaban J connectivity index is 2.37. The molecule has 0 saturated heterocycles. The quantitative estimate of drug-likeness (QED) is 0.710. The molecule has 0 saturated carbocycles. The van der Waals surface area contributed by atoms with Crippen molar-refractivity contribution in [2.24, 2.45) is 0 Å². The maximum atomic E-state index is 12.0. The molecule has 1 rings (SSSR count). The molecule has 0 bridgehead atoms. The summed E-state index contributed by atoms with van der Waals surface area (Å²) in [4.78, 5) is 21.5. The molecular weight excluding hydrogens is 274 g/mol. The number of carbonyl (C=O) groups excluding carboxylic acids is 1. The first-order valence-corrected chi connectivity index (χ1v) is 5.74. The van der Waals surface area contributed by atoms with Crippen LogP contribution >= 0.6 is 0 Å². The van der Waals surface area contributed by atoms with Crippen LogP contribution in [0.1, 0.15) is 12.0 Å². The minimum absolute atomic E-state index is 0.00517. The van der Waals surface area contributed by atoms with Crippen LogP contribution in [-0.2, 0) is 11.3 Å². The summed E-state index contributed by atoms with van der Waals surface area (Å²) in [6.07, 6.45) is -0.175. The minimum Gasteiger partial charge on any atom is -0.481 e. The van der Waals surface area contributed by atoms with Gasteiger partial charge in [0.2, 0.25) is 0 Å². The van der Waals surface area contributed by atoms with Crippen LogP contribution in [0.15, 0.2) is 24.3 Å². The second kappa shape index (κ2) is 7.93. The van der Waals surface area contributed by atoms with Gasteiger partial charge in [-0.1, -0.05) is 12.1 Å². The second-order valence-electron chi connectivity index (χ2n) is 3.78. The van der Waals surface area contributed by atoms with E-state index in [2.05, 4.69) is 15.4 Å². The highest BCUT2D eigenvalue weighted by atomic mass is 19.3. The van der Waals surface area contributed by atoms with Crippen LogP contribution in [0.25, 0.3) is 0 Å². The molecule has 0 spiro atoms. The fourth-order valence-electron chi connectivity index (χ4n) is 1.36. The third-order valence-electron chi connectivity index (χ3n) is 2.20. The lowest BCUT2D eigenvalue weighted by atomic mass is 10.2. The highest BCUT2D eigenvalue weighted by molar-refractivity contribution is 5.74. The summed E-state index contributed by atoms with van der Waals surface area (Å²) in [5, 5.41) is 13.2. The first kappa shape index (κ1) is 15.7. The van der Waals surface area contributed by atoms with Gasteiger partial charge >= 0.3 is 18.6 Å². The Morgan fingerprint density at radius 1 is 1.30 bits per heavy atom. The van der Waals surface area contributed by atoms with Gasteiger partial charge in [-0.2, -0.15) is 8.78 Å². The normalized spacial score (nSPS) is 10.2. The maximum absolute atomic E-state index is 12.0. The third-order valence-corrected chi connectivity index (χ3v) is 2.20. The number of carboxylic acids is 1. The molecule has 1 aromatic carbocycles. The largest absolute Gasteiger partial charge is 0.481 e. The molecule has 0 aliphatic heterocycles. The Morgan fingerprint density at radius 2 is 2.05 bits per heavy atom. The minimum atomic E-state index is -2.91. The number of amides is 2. The van der Waals surface area contributed by atoms with E-state index >= 15 is 0 Å². The number of alkyl halides is 2. The number of ether oxygens (including phenoxy) is 1. The number of nitrogens with one attached hydrogen (secondary N) is 2. The standard InChI is InChI=1S/C12H14F2N2O4/c13-11(14)20-9-3-1-2-8(6-9)7-16-12(19)15-5-4-10(17)18/h1-3,6,11H,4-5,7H2,(H,17,18)(H2,15,16,19). The number of hydrogen-bond donors (Lipinski definition) is 3. The van der Waals surface area contributed by atoms with Crippen LogP contribution in [0.4, 0.5) is 13.6 Å². The van der Waals surface area contributed by atoms with Crippen LogP contribution in [0.2, 0.25) is 0 Å². The van der Waals surface area contributed by atoms with Crippen LogP contribution in [0.5, 0.6) is 5.75 Å².